The standard InChI is InChI=1S/C25H28F2N4O3/c26-20-7-4-17(13-21(20)27)23-15-34-25(33)31(23)24(32)29-18-5-6-19(14-18)30-11-8-16(9-12-30)22-3-1-2-10-28-22/h1-4,7,10,13,16,18-19,23H,5-6,8-9,11-12,14-15H2,(H,29,32)/t18-,19-,23+/m0/s1. The molecule has 2 aliphatic heterocycles. The van der Waals surface area contributed by atoms with Crippen LogP contribution >= 0.6 is 0 Å². The van der Waals surface area contributed by atoms with Crippen LogP contribution < -0.4 is 5.32 Å². The van der Waals surface area contributed by atoms with E-state index in [0.717, 1.165) is 67.9 Å². The molecule has 180 valence electrons. The Balaban J connectivity index is 1.16. The quantitative estimate of drug-likeness (QED) is 0.719. The fraction of sp³-hybridized carbons (Fsp3) is 0.480. The highest BCUT2D eigenvalue weighted by Crippen LogP contribution is 2.33. The predicted molar refractivity (Wildman–Crippen MR) is 120 cm³/mol. The number of halogens is 2. The number of pyridine rings is 1. The van der Waals surface area contributed by atoms with E-state index in [1.807, 2.05) is 18.3 Å². The summed E-state index contributed by atoms with van der Waals surface area (Å²) >= 11 is 0. The van der Waals surface area contributed by atoms with E-state index in [0.29, 0.717) is 17.5 Å². The van der Waals surface area contributed by atoms with Gasteiger partial charge >= 0.3 is 12.1 Å². The summed E-state index contributed by atoms with van der Waals surface area (Å²) in [6.45, 7) is 1.92. The number of benzene rings is 1. The first-order chi connectivity index (χ1) is 16.5. The Morgan fingerprint density at radius 2 is 1.88 bits per heavy atom. The molecule has 1 aliphatic carbocycles. The molecule has 0 spiro atoms. The normalized spacial score (nSPS) is 26.0. The number of carbonyl (C=O) groups is 2. The number of carbonyl (C=O) groups excluding carboxylic acids is 2. The molecule has 34 heavy (non-hydrogen) atoms. The van der Waals surface area contributed by atoms with Crippen LogP contribution in [0, 0.1) is 11.6 Å². The molecule has 0 bridgehead atoms. The summed E-state index contributed by atoms with van der Waals surface area (Å²) in [5, 5.41) is 2.96. The highest BCUT2D eigenvalue weighted by molar-refractivity contribution is 5.92. The zero-order valence-corrected chi connectivity index (χ0v) is 18.8. The van der Waals surface area contributed by atoms with E-state index in [-0.39, 0.29) is 12.6 Å². The molecule has 5 rings (SSSR count). The number of nitrogens with zero attached hydrogens (tertiary/aromatic N) is 3. The number of rotatable bonds is 4. The van der Waals surface area contributed by atoms with Gasteiger partial charge in [-0.15, -0.1) is 0 Å². The van der Waals surface area contributed by atoms with Crippen molar-refractivity contribution in [2.45, 2.75) is 56.1 Å². The summed E-state index contributed by atoms with van der Waals surface area (Å²) < 4.78 is 32.1. The van der Waals surface area contributed by atoms with Gasteiger partial charge in [-0.3, -0.25) is 4.98 Å². The Morgan fingerprint density at radius 3 is 2.62 bits per heavy atom. The maximum absolute atomic E-state index is 13.7. The largest absolute Gasteiger partial charge is 0.446 e. The highest BCUT2D eigenvalue weighted by Gasteiger charge is 2.41. The van der Waals surface area contributed by atoms with E-state index in [4.69, 9.17) is 4.74 Å². The molecular formula is C25H28F2N4O3. The molecule has 1 N–H and O–H groups in total. The molecule has 0 unspecified atom stereocenters. The molecular weight excluding hydrogens is 442 g/mol. The smallest absolute Gasteiger partial charge is 0.418 e. The number of urea groups is 1. The van der Waals surface area contributed by atoms with Crippen LogP contribution in [0.3, 0.4) is 0 Å². The number of imide groups is 1. The van der Waals surface area contributed by atoms with E-state index in [9.17, 15) is 18.4 Å². The fourth-order valence-electron chi connectivity index (χ4n) is 5.45. The first kappa shape index (κ1) is 22.7. The molecule has 3 amide bonds. The lowest BCUT2D eigenvalue weighted by molar-refractivity contribution is 0.149. The van der Waals surface area contributed by atoms with Crippen LogP contribution in [0.1, 0.15) is 55.3 Å². The van der Waals surface area contributed by atoms with Gasteiger partial charge in [-0.1, -0.05) is 12.1 Å². The fourth-order valence-corrected chi connectivity index (χ4v) is 5.45. The van der Waals surface area contributed by atoms with Crippen molar-refractivity contribution in [3.05, 3.63) is 65.5 Å². The van der Waals surface area contributed by atoms with Gasteiger partial charge in [0.1, 0.15) is 12.6 Å². The summed E-state index contributed by atoms with van der Waals surface area (Å²) in [6.07, 6.45) is 5.84. The maximum Gasteiger partial charge on any atom is 0.418 e. The van der Waals surface area contributed by atoms with Gasteiger partial charge in [-0.05, 0) is 75.0 Å². The zero-order chi connectivity index (χ0) is 23.7. The Bertz CT molecular complexity index is 1050. The van der Waals surface area contributed by atoms with Crippen molar-refractivity contribution in [2.24, 2.45) is 0 Å². The van der Waals surface area contributed by atoms with Gasteiger partial charge in [-0.2, -0.15) is 0 Å². The number of hydrogen-bond acceptors (Lipinski definition) is 5. The monoisotopic (exact) mass is 470 g/mol. The van der Waals surface area contributed by atoms with Gasteiger partial charge in [0.05, 0.1) is 0 Å². The second-order valence-corrected chi connectivity index (χ2v) is 9.31. The Labute approximate surface area is 197 Å². The molecule has 3 heterocycles. The zero-order valence-electron chi connectivity index (χ0n) is 18.8. The third-order valence-corrected chi connectivity index (χ3v) is 7.30. The molecule has 1 aromatic heterocycles. The lowest BCUT2D eigenvalue weighted by atomic mass is 9.92. The Hall–Kier alpha value is -3.07. The first-order valence-electron chi connectivity index (χ1n) is 11.9. The number of piperidine rings is 1. The maximum atomic E-state index is 13.7. The minimum Gasteiger partial charge on any atom is -0.446 e. The first-order valence-corrected chi connectivity index (χ1v) is 11.9. The summed E-state index contributed by atoms with van der Waals surface area (Å²) in [7, 11) is 0. The van der Waals surface area contributed by atoms with Crippen molar-refractivity contribution >= 4 is 12.1 Å². The average Bonchev–Trinajstić information content (AvgIpc) is 3.48. The summed E-state index contributed by atoms with van der Waals surface area (Å²) in [5.41, 5.74) is 1.48. The number of nitrogens with one attached hydrogen (secondary N) is 1. The molecule has 1 saturated carbocycles. The lowest BCUT2D eigenvalue weighted by Crippen LogP contribution is -2.46. The van der Waals surface area contributed by atoms with Crippen molar-refractivity contribution in [2.75, 3.05) is 19.7 Å². The lowest BCUT2D eigenvalue weighted by Gasteiger charge is -2.36. The molecule has 9 heteroatoms. The molecule has 1 aromatic carbocycles. The molecule has 3 atom stereocenters. The Morgan fingerprint density at radius 1 is 1.06 bits per heavy atom. The molecule has 0 radical (unpaired) electrons. The SMILES string of the molecule is O=C(N[C@H]1CC[C@H](N2CCC(c3ccccn3)CC2)C1)N1C(=O)OC[C@@H]1c1ccc(F)c(F)c1. The number of amides is 3. The molecule has 3 aliphatic rings. The van der Waals surface area contributed by atoms with Gasteiger partial charge in [0.25, 0.3) is 0 Å². The van der Waals surface area contributed by atoms with Crippen molar-refractivity contribution in [3.8, 4) is 0 Å². The van der Waals surface area contributed by atoms with Gasteiger partial charge in [-0.25, -0.2) is 23.3 Å². The number of aromatic nitrogens is 1. The van der Waals surface area contributed by atoms with Gasteiger partial charge in [0.2, 0.25) is 0 Å². The van der Waals surface area contributed by atoms with Crippen molar-refractivity contribution < 1.29 is 23.1 Å². The van der Waals surface area contributed by atoms with Crippen LogP contribution in [-0.2, 0) is 4.74 Å². The van der Waals surface area contributed by atoms with E-state index in [1.54, 1.807) is 0 Å². The van der Waals surface area contributed by atoms with E-state index in [1.165, 1.54) is 6.07 Å². The number of ether oxygens (including phenoxy) is 1. The summed E-state index contributed by atoms with van der Waals surface area (Å²) in [4.78, 5) is 33.2. The molecule has 7 nitrogen and oxygen atoms in total. The summed E-state index contributed by atoms with van der Waals surface area (Å²) in [6, 6.07) is 8.42. The number of hydrogen-bond donors (Lipinski definition) is 1. The van der Waals surface area contributed by atoms with Crippen molar-refractivity contribution in [3.63, 3.8) is 0 Å². The Kier molecular flexibility index (Phi) is 6.45. The second kappa shape index (κ2) is 9.66. The van der Waals surface area contributed by atoms with Crippen LogP contribution in [0.4, 0.5) is 18.4 Å². The minimum atomic E-state index is -1.03. The van der Waals surface area contributed by atoms with Crippen molar-refractivity contribution in [1.82, 2.24) is 20.1 Å². The van der Waals surface area contributed by atoms with Gasteiger partial charge in [0, 0.05) is 29.9 Å². The third kappa shape index (κ3) is 4.61. The van der Waals surface area contributed by atoms with E-state index >= 15 is 0 Å². The van der Waals surface area contributed by atoms with Crippen LogP contribution in [0.25, 0.3) is 0 Å². The van der Waals surface area contributed by atoms with Crippen LogP contribution in [0.5, 0.6) is 0 Å². The minimum absolute atomic E-state index is 0.0509. The van der Waals surface area contributed by atoms with Gasteiger partial charge in [0.15, 0.2) is 11.6 Å². The summed E-state index contributed by atoms with van der Waals surface area (Å²) in [5.74, 6) is -1.52. The molecule has 2 aromatic rings. The average molecular weight is 471 g/mol. The second-order valence-electron chi connectivity index (χ2n) is 9.31. The van der Waals surface area contributed by atoms with Crippen LogP contribution in [0.15, 0.2) is 42.6 Å². The van der Waals surface area contributed by atoms with E-state index in [2.05, 4.69) is 21.3 Å². The van der Waals surface area contributed by atoms with Crippen LogP contribution in [0.2, 0.25) is 0 Å². The van der Waals surface area contributed by atoms with Crippen molar-refractivity contribution in [1.29, 1.82) is 0 Å². The third-order valence-electron chi connectivity index (χ3n) is 7.30. The number of cyclic esters (lactones) is 1. The molecule has 3 fully saturated rings. The molecule has 2 saturated heterocycles. The topological polar surface area (TPSA) is 74.8 Å². The van der Waals surface area contributed by atoms with E-state index < -0.39 is 29.8 Å². The van der Waals surface area contributed by atoms with Crippen LogP contribution in [-0.4, -0.2) is 58.7 Å². The highest BCUT2D eigenvalue weighted by atomic mass is 19.2. The van der Waals surface area contributed by atoms with Gasteiger partial charge < -0.3 is 15.0 Å². The number of likely N-dealkylation sites (tertiary alicyclic amines) is 1. The predicted octanol–water partition coefficient (Wildman–Crippen LogP) is 4.36.